The molecule has 0 saturated heterocycles. The van der Waals surface area contributed by atoms with Gasteiger partial charge in [0.15, 0.2) is 5.78 Å². The first kappa shape index (κ1) is 31.2. The first-order valence-electron chi connectivity index (χ1n) is 11.6. The predicted molar refractivity (Wildman–Crippen MR) is 150 cm³/mol. The van der Waals surface area contributed by atoms with Crippen LogP contribution >= 0.6 is 23.5 Å². The molecular formula is C28H34CoN2O4S2. The number of benzene rings is 2. The molecule has 2 aliphatic heterocycles. The fraction of sp³-hybridized carbons (Fsp3) is 0.393. The molecule has 4 rings (SSSR count). The van der Waals surface area contributed by atoms with E-state index in [1.54, 1.807) is 32.1 Å². The average Bonchev–Trinajstić information content (AvgIpc) is 3.39. The number of carbonyl (C=O) groups excluding carboxylic acids is 1. The molecular weight excluding hydrogens is 551 g/mol. The maximum Gasteiger partial charge on any atom is 2.00 e. The molecule has 1 radical (unpaired) electrons. The van der Waals surface area contributed by atoms with Gasteiger partial charge in [-0.25, -0.2) is 0 Å². The molecule has 0 saturated carbocycles. The number of allylic oxidation sites excluding steroid dienone is 1. The van der Waals surface area contributed by atoms with Gasteiger partial charge in [-0.05, 0) is 45.5 Å². The van der Waals surface area contributed by atoms with Crippen molar-refractivity contribution in [2.45, 2.75) is 57.4 Å². The van der Waals surface area contributed by atoms with Crippen molar-refractivity contribution >= 4 is 40.7 Å². The summed E-state index contributed by atoms with van der Waals surface area (Å²) in [4.78, 5) is 14.0. The zero-order valence-electron chi connectivity index (χ0n) is 22.4. The van der Waals surface area contributed by atoms with Crippen LogP contribution in [0.1, 0.15) is 41.5 Å². The molecule has 1 N–H and O–H groups in total. The molecule has 2 aromatic rings. The molecule has 0 fully saturated rings. The summed E-state index contributed by atoms with van der Waals surface area (Å²) in [7, 11) is 3.29. The van der Waals surface area contributed by atoms with E-state index in [2.05, 4.69) is 10.6 Å². The van der Waals surface area contributed by atoms with E-state index in [0.29, 0.717) is 0 Å². The number of hydrogen-bond donors (Lipinski definition) is 1. The van der Waals surface area contributed by atoms with Crippen LogP contribution in [-0.4, -0.2) is 31.2 Å². The van der Waals surface area contributed by atoms with Gasteiger partial charge in [0.2, 0.25) is 0 Å². The fourth-order valence-corrected chi connectivity index (χ4v) is 4.83. The van der Waals surface area contributed by atoms with Gasteiger partial charge in [0.25, 0.3) is 0 Å². The predicted octanol–water partition coefficient (Wildman–Crippen LogP) is 8.31. The van der Waals surface area contributed by atoms with Crippen molar-refractivity contribution in [2.24, 2.45) is 10.8 Å². The molecule has 2 aromatic carbocycles. The quantitative estimate of drug-likeness (QED) is 0.363. The molecule has 1 unspecified atom stereocenters. The summed E-state index contributed by atoms with van der Waals surface area (Å²) in [6.07, 6.45) is 2.94. The minimum Gasteiger partial charge on any atom is -0.651 e. The van der Waals surface area contributed by atoms with Gasteiger partial charge in [0.05, 0.1) is 20.3 Å². The third-order valence-corrected chi connectivity index (χ3v) is 7.35. The van der Waals surface area contributed by atoms with Crippen LogP contribution in [0.25, 0.3) is 10.6 Å². The van der Waals surface area contributed by atoms with Crippen LogP contribution in [0.5, 0.6) is 11.5 Å². The van der Waals surface area contributed by atoms with E-state index in [4.69, 9.17) is 9.47 Å². The van der Waals surface area contributed by atoms with Gasteiger partial charge in [-0.15, -0.1) is 34.9 Å². The normalized spacial score (nSPS) is 16.9. The standard InChI is InChI=1S/C14H18NO2S.C14H17NO2S.Co/c2*1-14(2,3)12(16)8-13-15-10-6-5-9(17-4)7-11(10)18-13;/h5-8,12,16H,1-4H3;5-8H,1-4H3,(H,15,16);/q-1;;+2/p-1/b13-8+;;. The first-order chi connectivity index (χ1) is 16.8. The number of ether oxygens (including phenoxy) is 2. The Labute approximate surface area is 239 Å². The van der Waals surface area contributed by atoms with Crippen LogP contribution in [0.2, 0.25) is 0 Å². The van der Waals surface area contributed by atoms with Crippen molar-refractivity contribution in [1.29, 1.82) is 0 Å². The Morgan fingerprint density at radius 1 is 0.865 bits per heavy atom. The Balaban J connectivity index is 0.000000253. The Bertz CT molecular complexity index is 1180. The number of ketones is 1. The molecule has 6 nitrogen and oxygen atoms in total. The number of methoxy groups -OCH3 is 2. The van der Waals surface area contributed by atoms with Gasteiger partial charge in [-0.2, -0.15) is 0 Å². The van der Waals surface area contributed by atoms with E-state index in [-0.39, 0.29) is 33.4 Å². The molecule has 201 valence electrons. The van der Waals surface area contributed by atoms with Crippen LogP contribution in [0.15, 0.2) is 68.4 Å². The van der Waals surface area contributed by atoms with Crippen LogP contribution in [-0.2, 0) is 21.6 Å². The maximum absolute atomic E-state index is 11.9. The molecule has 37 heavy (non-hydrogen) atoms. The Hall–Kier alpha value is -2.04. The second kappa shape index (κ2) is 12.7. The summed E-state index contributed by atoms with van der Waals surface area (Å²) in [6.45, 7) is 11.7. The van der Waals surface area contributed by atoms with Crippen LogP contribution in [0.4, 0.5) is 11.4 Å². The summed E-state index contributed by atoms with van der Waals surface area (Å²) in [5, 5.41) is 20.6. The number of hydrogen-bond acceptors (Lipinski definition) is 6. The van der Waals surface area contributed by atoms with E-state index < -0.39 is 6.10 Å². The zero-order chi connectivity index (χ0) is 26.7. The van der Waals surface area contributed by atoms with Crippen LogP contribution in [0, 0.1) is 10.8 Å². The van der Waals surface area contributed by atoms with Crippen molar-refractivity contribution in [3.05, 3.63) is 69.2 Å². The van der Waals surface area contributed by atoms with Crippen molar-refractivity contribution in [1.82, 2.24) is 0 Å². The summed E-state index contributed by atoms with van der Waals surface area (Å²) >= 11 is 3.07. The largest absolute Gasteiger partial charge is 2.00 e. The van der Waals surface area contributed by atoms with E-state index >= 15 is 0 Å². The average molecular weight is 586 g/mol. The van der Waals surface area contributed by atoms with E-state index in [9.17, 15) is 9.90 Å². The van der Waals surface area contributed by atoms with Gasteiger partial charge < -0.3 is 25.2 Å². The second-order valence-electron chi connectivity index (χ2n) is 10.5. The maximum atomic E-state index is 11.9. The van der Waals surface area contributed by atoms with Gasteiger partial charge in [-0.3, -0.25) is 4.79 Å². The Morgan fingerprint density at radius 3 is 1.76 bits per heavy atom. The van der Waals surface area contributed by atoms with Gasteiger partial charge >= 0.3 is 16.8 Å². The summed E-state index contributed by atoms with van der Waals surface area (Å²) in [5.74, 6) is 1.72. The number of fused-ring (bicyclic) bond motifs is 2. The summed E-state index contributed by atoms with van der Waals surface area (Å²) < 4.78 is 10.4. The Kier molecular flexibility index (Phi) is 10.7. The third-order valence-electron chi connectivity index (χ3n) is 5.41. The topological polar surface area (TPSA) is 84.0 Å². The van der Waals surface area contributed by atoms with E-state index in [1.165, 1.54) is 11.8 Å². The summed E-state index contributed by atoms with van der Waals surface area (Å²) in [5.41, 5.74) is 1.30. The number of carbonyl (C=O) groups is 1. The molecule has 0 bridgehead atoms. The van der Waals surface area contributed by atoms with Crippen molar-refractivity contribution in [3.8, 4) is 11.5 Å². The third kappa shape index (κ3) is 8.48. The molecule has 2 aliphatic rings. The van der Waals surface area contributed by atoms with Crippen molar-refractivity contribution in [3.63, 3.8) is 0 Å². The van der Waals surface area contributed by atoms with Crippen molar-refractivity contribution in [2.75, 3.05) is 14.2 Å². The number of aliphatic hydroxyl groups excluding tert-OH is 1. The molecule has 1 atom stereocenters. The monoisotopic (exact) mass is 585 g/mol. The fourth-order valence-electron chi connectivity index (χ4n) is 2.95. The number of aliphatic hydroxyl groups is 1. The SMILES string of the molecule is COc1ccc2c(c1)S/C(=C/C(=O)C(C)(C)C)[N-]2.COc1ccc2c(c1)S/C(=C/C(O)C(C)(C)C)[N-]2.[Co+2]. The molecule has 9 heteroatoms. The molecule has 0 aliphatic carbocycles. The molecule has 0 aromatic heterocycles. The molecule has 2 heterocycles. The van der Waals surface area contributed by atoms with E-state index in [1.807, 2.05) is 84.0 Å². The van der Waals surface area contributed by atoms with Crippen LogP contribution < -0.4 is 9.47 Å². The van der Waals surface area contributed by atoms with Gasteiger partial charge in [0, 0.05) is 5.41 Å². The number of thioether (sulfide) groups is 2. The minimum atomic E-state index is -0.500. The zero-order valence-corrected chi connectivity index (χ0v) is 25.1. The minimum absolute atomic E-state index is 0. The van der Waals surface area contributed by atoms with Crippen molar-refractivity contribution < 1.29 is 36.2 Å². The van der Waals surface area contributed by atoms with Gasteiger partial charge in [-0.1, -0.05) is 69.8 Å². The second-order valence-corrected chi connectivity index (χ2v) is 12.6. The molecule has 0 spiro atoms. The smallest absolute Gasteiger partial charge is 0.651 e. The summed E-state index contributed by atoms with van der Waals surface area (Å²) in [6, 6.07) is 11.5. The van der Waals surface area contributed by atoms with Crippen LogP contribution in [0.3, 0.4) is 0 Å². The molecule has 0 amide bonds. The number of rotatable bonds is 4. The first-order valence-corrected chi connectivity index (χ1v) is 13.2. The van der Waals surface area contributed by atoms with Gasteiger partial charge in [0.1, 0.15) is 11.5 Å². The Morgan fingerprint density at radius 2 is 1.32 bits per heavy atom. The van der Waals surface area contributed by atoms with E-state index in [0.717, 1.165) is 42.7 Å². The number of nitrogens with zero attached hydrogens (tertiary/aromatic N) is 2.